The van der Waals surface area contributed by atoms with Crippen LogP contribution in [0.4, 0.5) is 0 Å². The zero-order chi connectivity index (χ0) is 14.7. The SMILES string of the molecule is COc1ccc2c(c1)OCCN(C(=O)Cc1cnsc1)C2. The summed E-state index contributed by atoms with van der Waals surface area (Å²) >= 11 is 1.37. The lowest BCUT2D eigenvalue weighted by atomic mass is 10.1. The second-order valence-corrected chi connectivity index (χ2v) is 5.50. The van der Waals surface area contributed by atoms with Gasteiger partial charge in [-0.15, -0.1) is 0 Å². The van der Waals surface area contributed by atoms with E-state index >= 15 is 0 Å². The van der Waals surface area contributed by atoms with E-state index in [0.29, 0.717) is 26.1 Å². The number of methoxy groups -OCH3 is 1. The molecule has 5 nitrogen and oxygen atoms in total. The molecule has 1 aromatic carbocycles. The normalized spacial score (nSPS) is 14.0. The second kappa shape index (κ2) is 6.13. The van der Waals surface area contributed by atoms with Gasteiger partial charge in [-0.3, -0.25) is 4.79 Å². The Bertz CT molecular complexity index is 628. The Labute approximate surface area is 127 Å². The molecule has 0 atom stereocenters. The maximum absolute atomic E-state index is 12.4. The lowest BCUT2D eigenvalue weighted by Gasteiger charge is -2.19. The van der Waals surface area contributed by atoms with E-state index in [4.69, 9.17) is 9.47 Å². The van der Waals surface area contributed by atoms with E-state index < -0.39 is 0 Å². The molecule has 1 aliphatic rings. The van der Waals surface area contributed by atoms with E-state index in [9.17, 15) is 4.79 Å². The number of ether oxygens (including phenoxy) is 2. The summed E-state index contributed by atoms with van der Waals surface area (Å²) in [5.74, 6) is 1.65. The third-order valence-electron chi connectivity index (χ3n) is 3.45. The lowest BCUT2D eigenvalue weighted by molar-refractivity contribution is -0.131. The Hall–Kier alpha value is -2.08. The topological polar surface area (TPSA) is 51.7 Å². The van der Waals surface area contributed by atoms with Gasteiger partial charge in [-0.25, -0.2) is 4.37 Å². The van der Waals surface area contributed by atoms with Crippen LogP contribution in [0.1, 0.15) is 11.1 Å². The number of nitrogens with zero attached hydrogens (tertiary/aromatic N) is 2. The average molecular weight is 304 g/mol. The van der Waals surface area contributed by atoms with Crippen LogP contribution in [0.3, 0.4) is 0 Å². The number of carbonyl (C=O) groups excluding carboxylic acids is 1. The van der Waals surface area contributed by atoms with Crippen LogP contribution in [0, 0.1) is 0 Å². The van der Waals surface area contributed by atoms with Gasteiger partial charge >= 0.3 is 0 Å². The minimum Gasteiger partial charge on any atom is -0.497 e. The quantitative estimate of drug-likeness (QED) is 0.871. The molecule has 2 heterocycles. The smallest absolute Gasteiger partial charge is 0.227 e. The third-order valence-corrected chi connectivity index (χ3v) is 4.08. The molecule has 0 saturated heterocycles. The first-order valence-electron chi connectivity index (χ1n) is 6.72. The molecule has 1 amide bonds. The van der Waals surface area contributed by atoms with Crippen molar-refractivity contribution in [2.45, 2.75) is 13.0 Å². The summed E-state index contributed by atoms with van der Waals surface area (Å²) in [6, 6.07) is 5.71. The highest BCUT2D eigenvalue weighted by atomic mass is 32.1. The summed E-state index contributed by atoms with van der Waals surface area (Å²) in [4.78, 5) is 14.2. The fourth-order valence-electron chi connectivity index (χ4n) is 2.29. The van der Waals surface area contributed by atoms with E-state index in [0.717, 1.165) is 22.6 Å². The Kier molecular flexibility index (Phi) is 4.06. The number of amides is 1. The Balaban J connectivity index is 1.74. The van der Waals surface area contributed by atoms with Crippen molar-refractivity contribution < 1.29 is 14.3 Å². The van der Waals surface area contributed by atoms with Crippen LogP contribution in [0.25, 0.3) is 0 Å². The molecule has 21 heavy (non-hydrogen) atoms. The molecule has 1 aliphatic heterocycles. The number of rotatable bonds is 3. The molecule has 0 aliphatic carbocycles. The van der Waals surface area contributed by atoms with Gasteiger partial charge in [0, 0.05) is 29.8 Å². The van der Waals surface area contributed by atoms with E-state index in [1.165, 1.54) is 11.5 Å². The van der Waals surface area contributed by atoms with Crippen molar-refractivity contribution in [3.05, 3.63) is 40.9 Å². The van der Waals surface area contributed by atoms with Gasteiger partial charge in [-0.1, -0.05) is 0 Å². The Morgan fingerprint density at radius 2 is 2.43 bits per heavy atom. The van der Waals surface area contributed by atoms with Crippen LogP contribution < -0.4 is 9.47 Å². The number of hydrogen-bond acceptors (Lipinski definition) is 5. The fourth-order valence-corrected chi connectivity index (χ4v) is 2.83. The summed E-state index contributed by atoms with van der Waals surface area (Å²) in [6.45, 7) is 1.65. The van der Waals surface area contributed by atoms with Crippen molar-refractivity contribution in [1.82, 2.24) is 9.27 Å². The van der Waals surface area contributed by atoms with Gasteiger partial charge in [-0.05, 0) is 29.2 Å². The number of benzene rings is 1. The van der Waals surface area contributed by atoms with E-state index in [2.05, 4.69) is 4.37 Å². The minimum atomic E-state index is 0.0995. The van der Waals surface area contributed by atoms with Crippen molar-refractivity contribution in [3.8, 4) is 11.5 Å². The highest BCUT2D eigenvalue weighted by Crippen LogP contribution is 2.28. The van der Waals surface area contributed by atoms with Gasteiger partial charge in [0.25, 0.3) is 0 Å². The van der Waals surface area contributed by atoms with Crippen LogP contribution in [0.15, 0.2) is 29.8 Å². The van der Waals surface area contributed by atoms with Crippen LogP contribution in [-0.4, -0.2) is 35.4 Å². The van der Waals surface area contributed by atoms with Crippen molar-refractivity contribution in [2.24, 2.45) is 0 Å². The van der Waals surface area contributed by atoms with Crippen molar-refractivity contribution in [1.29, 1.82) is 0 Å². The molecule has 110 valence electrons. The second-order valence-electron chi connectivity index (χ2n) is 4.85. The maximum Gasteiger partial charge on any atom is 0.227 e. The van der Waals surface area contributed by atoms with Gasteiger partial charge in [0.1, 0.15) is 18.1 Å². The molecule has 0 fully saturated rings. The summed E-state index contributed by atoms with van der Waals surface area (Å²) in [5, 5.41) is 1.91. The molecule has 0 radical (unpaired) electrons. The van der Waals surface area contributed by atoms with Gasteiger partial charge in [-0.2, -0.15) is 0 Å². The Morgan fingerprint density at radius 1 is 1.52 bits per heavy atom. The first kappa shape index (κ1) is 13.9. The van der Waals surface area contributed by atoms with Crippen molar-refractivity contribution in [2.75, 3.05) is 20.3 Å². The molecule has 0 saturated carbocycles. The number of fused-ring (bicyclic) bond motifs is 1. The summed E-state index contributed by atoms with van der Waals surface area (Å²) < 4.78 is 14.9. The summed E-state index contributed by atoms with van der Waals surface area (Å²) in [5.41, 5.74) is 1.97. The van der Waals surface area contributed by atoms with E-state index in [-0.39, 0.29) is 5.91 Å². The number of aromatic nitrogens is 1. The van der Waals surface area contributed by atoms with Crippen LogP contribution in [0.2, 0.25) is 0 Å². The molecular formula is C15H16N2O3S. The first-order valence-corrected chi connectivity index (χ1v) is 7.55. The molecule has 6 heteroatoms. The van der Waals surface area contributed by atoms with E-state index in [1.807, 2.05) is 28.5 Å². The number of hydrogen-bond donors (Lipinski definition) is 0. The van der Waals surface area contributed by atoms with Crippen LogP contribution in [0.5, 0.6) is 11.5 Å². The molecular weight excluding hydrogens is 288 g/mol. The largest absolute Gasteiger partial charge is 0.497 e. The minimum absolute atomic E-state index is 0.0995. The molecule has 0 N–H and O–H groups in total. The molecule has 0 spiro atoms. The molecule has 3 rings (SSSR count). The van der Waals surface area contributed by atoms with Crippen molar-refractivity contribution >= 4 is 17.4 Å². The average Bonchev–Trinajstić information content (AvgIpc) is 2.90. The summed E-state index contributed by atoms with van der Waals surface area (Å²) in [7, 11) is 1.63. The highest BCUT2D eigenvalue weighted by molar-refractivity contribution is 7.03. The van der Waals surface area contributed by atoms with Gasteiger partial charge in [0.2, 0.25) is 5.91 Å². The van der Waals surface area contributed by atoms with Crippen LogP contribution >= 0.6 is 11.5 Å². The predicted molar refractivity (Wildman–Crippen MR) is 79.7 cm³/mol. The maximum atomic E-state index is 12.4. The Morgan fingerprint density at radius 3 is 3.19 bits per heavy atom. The van der Waals surface area contributed by atoms with Gasteiger partial charge in [0.05, 0.1) is 20.1 Å². The van der Waals surface area contributed by atoms with Gasteiger partial charge < -0.3 is 14.4 Å². The molecule has 0 unspecified atom stereocenters. The monoisotopic (exact) mass is 304 g/mol. The fraction of sp³-hybridized carbons (Fsp3) is 0.333. The highest BCUT2D eigenvalue weighted by Gasteiger charge is 2.20. The predicted octanol–water partition coefficient (Wildman–Crippen LogP) is 2.12. The first-order chi connectivity index (χ1) is 10.3. The number of carbonyl (C=O) groups is 1. The van der Waals surface area contributed by atoms with Gasteiger partial charge in [0.15, 0.2) is 0 Å². The zero-order valence-corrected chi connectivity index (χ0v) is 12.6. The molecule has 0 bridgehead atoms. The molecule has 2 aromatic rings. The van der Waals surface area contributed by atoms with Crippen LogP contribution in [-0.2, 0) is 17.8 Å². The summed E-state index contributed by atoms with van der Waals surface area (Å²) in [6.07, 6.45) is 2.14. The zero-order valence-electron chi connectivity index (χ0n) is 11.7. The van der Waals surface area contributed by atoms with E-state index in [1.54, 1.807) is 13.3 Å². The molecule has 1 aromatic heterocycles. The lowest BCUT2D eigenvalue weighted by Crippen LogP contribution is -2.33. The van der Waals surface area contributed by atoms with Crippen molar-refractivity contribution in [3.63, 3.8) is 0 Å². The third kappa shape index (κ3) is 3.16. The standard InChI is InChI=1S/C15H16N2O3S/c1-19-13-3-2-12-9-17(4-5-20-14(12)7-13)15(18)6-11-8-16-21-10-11/h2-3,7-8,10H,4-6,9H2,1H3.